The lowest BCUT2D eigenvalue weighted by Gasteiger charge is -2.39. The highest BCUT2D eigenvalue weighted by atomic mass is 32.2. The van der Waals surface area contributed by atoms with Gasteiger partial charge in [0.05, 0.1) is 5.92 Å². The quantitative estimate of drug-likeness (QED) is 0.641. The molecule has 0 bridgehead atoms. The van der Waals surface area contributed by atoms with Crippen molar-refractivity contribution in [3.63, 3.8) is 0 Å². The average molecular weight is 409 g/mol. The summed E-state index contributed by atoms with van der Waals surface area (Å²) in [5.41, 5.74) is 2.17. The van der Waals surface area contributed by atoms with Crippen LogP contribution in [0.15, 0.2) is 71.9 Å². The van der Waals surface area contributed by atoms with Gasteiger partial charge >= 0.3 is 5.97 Å². The summed E-state index contributed by atoms with van der Waals surface area (Å²) in [6.07, 6.45) is 4.76. The monoisotopic (exact) mass is 408 g/mol. The van der Waals surface area contributed by atoms with Crippen LogP contribution in [0.5, 0.6) is 0 Å². The van der Waals surface area contributed by atoms with Crippen molar-refractivity contribution >= 4 is 17.7 Å². The molecule has 1 aliphatic rings. The number of aryl methyl sites for hydroxylation is 1. The summed E-state index contributed by atoms with van der Waals surface area (Å²) in [5, 5.41) is 9.62. The van der Waals surface area contributed by atoms with Gasteiger partial charge in [-0.15, -0.1) is 0 Å². The maximum absolute atomic E-state index is 11.7. The first kappa shape index (κ1) is 19.7. The lowest BCUT2D eigenvalue weighted by Crippen LogP contribution is -2.37. The standard InChI is InChI=1S/C23H24N2O3S/c1-17-24-12-13-25(17)16-18-7-9-20(10-8-18)23(29-21-5-3-2-4-6-21)15-19(22(26)27)11-14-28-23/h2-10,12-13,19H,11,14-16H2,1H3,(H,26,27). The number of carboxylic acids is 1. The highest BCUT2D eigenvalue weighted by molar-refractivity contribution is 8.00. The van der Waals surface area contributed by atoms with Crippen molar-refractivity contribution in [2.45, 2.75) is 36.1 Å². The van der Waals surface area contributed by atoms with Crippen molar-refractivity contribution in [3.05, 3.63) is 83.9 Å². The molecule has 2 aromatic carbocycles. The van der Waals surface area contributed by atoms with Gasteiger partial charge in [-0.2, -0.15) is 0 Å². The van der Waals surface area contributed by atoms with Crippen molar-refractivity contribution < 1.29 is 14.6 Å². The van der Waals surface area contributed by atoms with E-state index in [0.717, 1.165) is 22.8 Å². The van der Waals surface area contributed by atoms with E-state index < -0.39 is 16.8 Å². The van der Waals surface area contributed by atoms with Gasteiger partial charge < -0.3 is 14.4 Å². The van der Waals surface area contributed by atoms with Crippen molar-refractivity contribution in [2.24, 2.45) is 5.92 Å². The molecular weight excluding hydrogens is 384 g/mol. The number of imidazole rings is 1. The van der Waals surface area contributed by atoms with Crippen LogP contribution in [0.3, 0.4) is 0 Å². The predicted molar refractivity (Wildman–Crippen MR) is 113 cm³/mol. The van der Waals surface area contributed by atoms with Crippen LogP contribution < -0.4 is 0 Å². The molecule has 4 rings (SSSR count). The molecule has 0 radical (unpaired) electrons. The second-order valence-electron chi connectivity index (χ2n) is 7.34. The van der Waals surface area contributed by atoms with E-state index in [1.54, 1.807) is 18.0 Å². The van der Waals surface area contributed by atoms with E-state index in [4.69, 9.17) is 4.74 Å². The van der Waals surface area contributed by atoms with Crippen LogP contribution in [0, 0.1) is 12.8 Å². The first-order valence-electron chi connectivity index (χ1n) is 9.74. The Morgan fingerprint density at radius 3 is 2.66 bits per heavy atom. The molecule has 2 atom stereocenters. The molecule has 2 unspecified atom stereocenters. The third kappa shape index (κ3) is 4.38. The van der Waals surface area contributed by atoms with E-state index in [2.05, 4.69) is 33.8 Å². The molecular formula is C23H24N2O3S. The Balaban J connectivity index is 1.63. The Bertz CT molecular complexity index is 971. The molecule has 0 aliphatic carbocycles. The number of hydrogen-bond acceptors (Lipinski definition) is 4. The van der Waals surface area contributed by atoms with Crippen molar-refractivity contribution in [2.75, 3.05) is 6.61 Å². The fourth-order valence-corrected chi connectivity index (χ4v) is 5.06. The van der Waals surface area contributed by atoms with Crippen LogP contribution in [0.25, 0.3) is 0 Å². The zero-order valence-electron chi connectivity index (χ0n) is 16.3. The van der Waals surface area contributed by atoms with E-state index in [9.17, 15) is 9.90 Å². The molecule has 2 heterocycles. The number of hydrogen-bond donors (Lipinski definition) is 1. The number of aliphatic carboxylic acids is 1. The maximum Gasteiger partial charge on any atom is 0.306 e. The van der Waals surface area contributed by atoms with Crippen molar-refractivity contribution in [1.82, 2.24) is 9.55 Å². The minimum Gasteiger partial charge on any atom is -0.481 e. The van der Waals surface area contributed by atoms with Gasteiger partial charge in [-0.25, -0.2) is 4.98 Å². The number of ether oxygens (including phenoxy) is 1. The first-order valence-corrected chi connectivity index (χ1v) is 10.6. The lowest BCUT2D eigenvalue weighted by molar-refractivity contribution is -0.148. The highest BCUT2D eigenvalue weighted by Crippen LogP contribution is 2.49. The number of thioether (sulfide) groups is 1. The van der Waals surface area contributed by atoms with Gasteiger partial charge in [-0.1, -0.05) is 54.2 Å². The van der Waals surface area contributed by atoms with Crippen molar-refractivity contribution in [1.29, 1.82) is 0 Å². The predicted octanol–water partition coefficient (Wildman–Crippen LogP) is 4.70. The summed E-state index contributed by atoms with van der Waals surface area (Å²) in [6.45, 7) is 3.18. The Hall–Kier alpha value is -2.57. The van der Waals surface area contributed by atoms with E-state index in [0.29, 0.717) is 19.4 Å². The van der Waals surface area contributed by atoms with Crippen LogP contribution in [0.4, 0.5) is 0 Å². The number of benzene rings is 2. The third-order valence-electron chi connectivity index (χ3n) is 5.36. The van der Waals surface area contributed by atoms with Gasteiger partial charge in [0.2, 0.25) is 0 Å². The number of rotatable bonds is 6. The molecule has 1 fully saturated rings. The van der Waals surface area contributed by atoms with Crippen LogP contribution >= 0.6 is 11.8 Å². The smallest absolute Gasteiger partial charge is 0.306 e. The van der Waals surface area contributed by atoms with Crippen LogP contribution in [0.2, 0.25) is 0 Å². The van der Waals surface area contributed by atoms with Crippen LogP contribution in [-0.4, -0.2) is 27.2 Å². The van der Waals surface area contributed by atoms with Crippen molar-refractivity contribution in [3.8, 4) is 0 Å². The molecule has 0 spiro atoms. The molecule has 6 heteroatoms. The Morgan fingerprint density at radius 2 is 2.00 bits per heavy atom. The SMILES string of the molecule is Cc1nccn1Cc1ccc(C2(Sc3ccccc3)CC(C(=O)O)CCO2)cc1. The average Bonchev–Trinajstić information content (AvgIpc) is 3.14. The zero-order valence-corrected chi connectivity index (χ0v) is 17.1. The van der Waals surface area contributed by atoms with Gasteiger partial charge in [0.1, 0.15) is 10.8 Å². The van der Waals surface area contributed by atoms with Gasteiger partial charge in [-0.05, 0) is 36.6 Å². The number of nitrogens with zero attached hydrogens (tertiary/aromatic N) is 2. The summed E-state index contributed by atoms with van der Waals surface area (Å²) in [5.74, 6) is -0.183. The van der Waals surface area contributed by atoms with Gasteiger partial charge in [-0.3, -0.25) is 4.79 Å². The zero-order chi connectivity index (χ0) is 20.3. The Kier molecular flexibility index (Phi) is 5.74. The molecule has 3 aromatic rings. The number of aromatic nitrogens is 2. The molecule has 0 amide bonds. The summed E-state index contributed by atoms with van der Waals surface area (Å²) < 4.78 is 8.38. The fraction of sp³-hybridized carbons (Fsp3) is 0.304. The molecule has 1 aromatic heterocycles. The Labute approximate surface area is 174 Å². The van der Waals surface area contributed by atoms with Gasteiger partial charge in [0.25, 0.3) is 0 Å². The number of carboxylic acid groups (broad SMARTS) is 1. The summed E-state index contributed by atoms with van der Waals surface area (Å²) in [6, 6.07) is 18.4. The second kappa shape index (κ2) is 8.43. The summed E-state index contributed by atoms with van der Waals surface area (Å²) >= 11 is 1.60. The molecule has 1 aliphatic heterocycles. The van der Waals surface area contributed by atoms with Gasteiger partial charge in [0.15, 0.2) is 0 Å². The highest BCUT2D eigenvalue weighted by Gasteiger charge is 2.42. The van der Waals surface area contributed by atoms with E-state index in [1.807, 2.05) is 43.5 Å². The molecule has 1 saturated heterocycles. The first-order chi connectivity index (χ1) is 14.1. The minimum atomic E-state index is -0.751. The minimum absolute atomic E-state index is 0.409. The topological polar surface area (TPSA) is 64.4 Å². The number of carbonyl (C=O) groups is 1. The summed E-state index contributed by atoms with van der Waals surface area (Å²) in [7, 11) is 0. The van der Waals surface area contributed by atoms with Crippen LogP contribution in [-0.2, 0) is 21.0 Å². The normalized spacial score (nSPS) is 21.8. The fourth-order valence-electron chi connectivity index (χ4n) is 3.70. The van der Waals surface area contributed by atoms with Gasteiger partial charge in [0, 0.05) is 36.9 Å². The van der Waals surface area contributed by atoms with E-state index in [1.165, 1.54) is 5.56 Å². The largest absolute Gasteiger partial charge is 0.481 e. The Morgan fingerprint density at radius 1 is 1.24 bits per heavy atom. The third-order valence-corrected chi connectivity index (χ3v) is 6.72. The molecule has 29 heavy (non-hydrogen) atoms. The molecule has 150 valence electrons. The van der Waals surface area contributed by atoms with E-state index in [-0.39, 0.29) is 0 Å². The van der Waals surface area contributed by atoms with E-state index >= 15 is 0 Å². The maximum atomic E-state index is 11.7. The van der Waals surface area contributed by atoms with Crippen LogP contribution in [0.1, 0.15) is 29.8 Å². The molecule has 1 N–H and O–H groups in total. The second-order valence-corrected chi connectivity index (χ2v) is 8.68. The molecule has 0 saturated carbocycles. The summed E-state index contributed by atoms with van der Waals surface area (Å²) in [4.78, 5) is 16.4. The lowest BCUT2D eigenvalue weighted by atomic mass is 9.91. The molecule has 5 nitrogen and oxygen atoms in total.